The van der Waals surface area contributed by atoms with Crippen molar-refractivity contribution in [3.8, 4) is 10.6 Å². The molecular weight excluding hydrogens is 349 g/mol. The standard InChI is InChI=1S/C16H12FN3O2S2/c1-24(21,22)20-13-7-10-12(8-11(13)17)18-19-16(10)15-6-9-4-2-3-5-14(9)23-15/h2-8,20H,1H3,(H,18,19). The lowest BCUT2D eigenvalue weighted by Crippen LogP contribution is -2.10. The maximum absolute atomic E-state index is 14.1. The summed E-state index contributed by atoms with van der Waals surface area (Å²) in [5.41, 5.74) is 1.09. The third kappa shape index (κ3) is 2.63. The molecule has 2 heterocycles. The molecule has 0 saturated carbocycles. The van der Waals surface area contributed by atoms with Crippen LogP contribution in [0.5, 0.6) is 0 Å². The van der Waals surface area contributed by atoms with Gasteiger partial charge >= 0.3 is 0 Å². The zero-order valence-electron chi connectivity index (χ0n) is 12.5. The first-order chi connectivity index (χ1) is 11.4. The first-order valence-corrected chi connectivity index (χ1v) is 9.76. The first kappa shape index (κ1) is 15.1. The molecule has 2 aromatic heterocycles. The van der Waals surface area contributed by atoms with Gasteiger partial charge in [0.2, 0.25) is 10.0 Å². The number of aromatic nitrogens is 2. The van der Waals surface area contributed by atoms with Crippen LogP contribution in [-0.2, 0) is 10.0 Å². The highest BCUT2D eigenvalue weighted by molar-refractivity contribution is 7.92. The van der Waals surface area contributed by atoms with Crippen molar-refractivity contribution in [2.45, 2.75) is 0 Å². The highest BCUT2D eigenvalue weighted by Crippen LogP contribution is 2.37. The Labute approximate surface area is 141 Å². The number of halogens is 1. The third-order valence-corrected chi connectivity index (χ3v) is 5.32. The number of nitrogens with one attached hydrogen (secondary N) is 2. The molecule has 0 saturated heterocycles. The van der Waals surface area contributed by atoms with Gasteiger partial charge in [0.15, 0.2) is 0 Å². The van der Waals surface area contributed by atoms with Gasteiger partial charge in [-0.05, 0) is 23.6 Å². The van der Waals surface area contributed by atoms with Crippen molar-refractivity contribution in [1.29, 1.82) is 0 Å². The van der Waals surface area contributed by atoms with E-state index < -0.39 is 15.8 Å². The topological polar surface area (TPSA) is 74.8 Å². The Kier molecular flexibility index (Phi) is 3.33. The number of fused-ring (bicyclic) bond motifs is 2. The van der Waals surface area contributed by atoms with E-state index in [9.17, 15) is 12.8 Å². The molecule has 4 aromatic rings. The fourth-order valence-electron chi connectivity index (χ4n) is 2.60. The number of thiophene rings is 1. The number of rotatable bonds is 3. The van der Waals surface area contributed by atoms with Crippen molar-refractivity contribution in [2.75, 3.05) is 11.0 Å². The van der Waals surface area contributed by atoms with Crippen LogP contribution >= 0.6 is 11.3 Å². The molecule has 24 heavy (non-hydrogen) atoms. The molecular formula is C16H12FN3O2S2. The molecule has 0 spiro atoms. The summed E-state index contributed by atoms with van der Waals surface area (Å²) >= 11 is 1.58. The summed E-state index contributed by atoms with van der Waals surface area (Å²) in [5.74, 6) is -0.653. The molecule has 0 fully saturated rings. The summed E-state index contributed by atoms with van der Waals surface area (Å²) in [6.07, 6.45) is 0.985. The Hall–Kier alpha value is -2.45. The second kappa shape index (κ2) is 5.29. The minimum Gasteiger partial charge on any atom is -0.281 e. The Balaban J connectivity index is 1.91. The molecule has 0 radical (unpaired) electrons. The minimum absolute atomic E-state index is 0.0891. The predicted molar refractivity (Wildman–Crippen MR) is 95.3 cm³/mol. The van der Waals surface area contributed by atoms with Crippen LogP contribution in [0.25, 0.3) is 31.6 Å². The van der Waals surface area contributed by atoms with Crippen LogP contribution in [0, 0.1) is 5.82 Å². The molecule has 0 unspecified atom stereocenters. The average Bonchev–Trinajstić information content (AvgIpc) is 3.09. The van der Waals surface area contributed by atoms with Gasteiger partial charge in [-0.25, -0.2) is 12.8 Å². The van der Waals surface area contributed by atoms with Gasteiger partial charge in [0.05, 0.1) is 22.3 Å². The molecule has 2 N–H and O–H groups in total. The normalized spacial score (nSPS) is 12.1. The molecule has 5 nitrogen and oxygen atoms in total. The number of H-pyrrole nitrogens is 1. The first-order valence-electron chi connectivity index (χ1n) is 7.05. The summed E-state index contributed by atoms with van der Waals surface area (Å²) in [5, 5.41) is 8.85. The lowest BCUT2D eigenvalue weighted by atomic mass is 10.1. The molecule has 0 amide bonds. The van der Waals surface area contributed by atoms with Gasteiger partial charge < -0.3 is 0 Å². The van der Waals surface area contributed by atoms with Gasteiger partial charge in [-0.2, -0.15) is 5.10 Å². The van der Waals surface area contributed by atoms with E-state index in [0.717, 1.165) is 21.2 Å². The van der Waals surface area contributed by atoms with E-state index in [-0.39, 0.29) is 5.69 Å². The van der Waals surface area contributed by atoms with Crippen LogP contribution in [0.2, 0.25) is 0 Å². The smallest absolute Gasteiger partial charge is 0.229 e. The number of nitrogens with zero attached hydrogens (tertiary/aromatic N) is 1. The van der Waals surface area contributed by atoms with Crippen molar-refractivity contribution in [3.63, 3.8) is 0 Å². The molecule has 122 valence electrons. The van der Waals surface area contributed by atoms with Crippen LogP contribution < -0.4 is 4.72 Å². The molecule has 4 rings (SSSR count). The van der Waals surface area contributed by atoms with Crippen molar-refractivity contribution in [2.24, 2.45) is 0 Å². The van der Waals surface area contributed by atoms with Crippen molar-refractivity contribution in [3.05, 3.63) is 48.3 Å². The van der Waals surface area contributed by atoms with Crippen molar-refractivity contribution in [1.82, 2.24) is 10.2 Å². The number of hydrogen-bond donors (Lipinski definition) is 2. The molecule has 0 atom stereocenters. The molecule has 0 aliphatic carbocycles. The Morgan fingerprint density at radius 1 is 1.21 bits per heavy atom. The monoisotopic (exact) mass is 361 g/mol. The van der Waals surface area contributed by atoms with Crippen LogP contribution in [0.1, 0.15) is 0 Å². The SMILES string of the molecule is CS(=O)(=O)Nc1cc2c(-c3cc4ccccc4s3)n[nH]c2cc1F. The summed E-state index contributed by atoms with van der Waals surface area (Å²) in [7, 11) is -3.57. The van der Waals surface area contributed by atoms with E-state index in [1.807, 2.05) is 30.3 Å². The Bertz CT molecular complexity index is 1150. The van der Waals surface area contributed by atoms with Gasteiger partial charge in [0.1, 0.15) is 11.5 Å². The lowest BCUT2D eigenvalue weighted by Gasteiger charge is -2.05. The van der Waals surface area contributed by atoms with E-state index in [1.54, 1.807) is 11.3 Å². The summed E-state index contributed by atoms with van der Waals surface area (Å²) < 4.78 is 40.2. The second-order valence-corrected chi connectivity index (χ2v) is 8.30. The highest BCUT2D eigenvalue weighted by Gasteiger charge is 2.16. The largest absolute Gasteiger partial charge is 0.281 e. The predicted octanol–water partition coefficient (Wildman–Crippen LogP) is 3.96. The molecule has 2 aromatic carbocycles. The van der Waals surface area contributed by atoms with Crippen molar-refractivity contribution >= 4 is 48.0 Å². The van der Waals surface area contributed by atoms with E-state index in [4.69, 9.17) is 0 Å². The number of benzene rings is 2. The van der Waals surface area contributed by atoms with Crippen LogP contribution in [0.3, 0.4) is 0 Å². The number of hydrogen-bond acceptors (Lipinski definition) is 4. The van der Waals surface area contributed by atoms with Gasteiger partial charge in [0, 0.05) is 16.2 Å². The third-order valence-electron chi connectivity index (χ3n) is 3.60. The van der Waals surface area contributed by atoms with Gasteiger partial charge in [-0.15, -0.1) is 11.3 Å². The average molecular weight is 361 g/mol. The molecule has 8 heteroatoms. The quantitative estimate of drug-likeness (QED) is 0.580. The van der Waals surface area contributed by atoms with Gasteiger partial charge in [-0.1, -0.05) is 18.2 Å². The zero-order valence-corrected chi connectivity index (χ0v) is 14.1. The zero-order chi connectivity index (χ0) is 16.9. The molecule has 0 aliphatic rings. The Morgan fingerprint density at radius 3 is 2.75 bits per heavy atom. The fraction of sp³-hybridized carbons (Fsp3) is 0.0625. The summed E-state index contributed by atoms with van der Waals surface area (Å²) in [4.78, 5) is 0.930. The van der Waals surface area contributed by atoms with Crippen molar-refractivity contribution < 1.29 is 12.8 Å². The van der Waals surface area contributed by atoms with Crippen LogP contribution in [-0.4, -0.2) is 24.9 Å². The van der Waals surface area contributed by atoms with E-state index >= 15 is 0 Å². The van der Waals surface area contributed by atoms with E-state index in [2.05, 4.69) is 14.9 Å². The minimum atomic E-state index is -3.57. The number of sulfonamides is 1. The van der Waals surface area contributed by atoms with Crippen LogP contribution in [0.4, 0.5) is 10.1 Å². The maximum Gasteiger partial charge on any atom is 0.229 e. The number of anilines is 1. The maximum atomic E-state index is 14.1. The Morgan fingerprint density at radius 2 is 2.00 bits per heavy atom. The van der Waals surface area contributed by atoms with Gasteiger partial charge in [0.25, 0.3) is 0 Å². The van der Waals surface area contributed by atoms with E-state index in [1.165, 1.54) is 12.1 Å². The molecule has 0 aliphatic heterocycles. The van der Waals surface area contributed by atoms with Crippen LogP contribution in [0.15, 0.2) is 42.5 Å². The highest BCUT2D eigenvalue weighted by atomic mass is 32.2. The second-order valence-electron chi connectivity index (χ2n) is 5.47. The van der Waals surface area contributed by atoms with E-state index in [0.29, 0.717) is 16.6 Å². The lowest BCUT2D eigenvalue weighted by molar-refractivity contribution is 0.604. The number of aromatic amines is 1. The molecule has 0 bridgehead atoms. The summed E-state index contributed by atoms with van der Waals surface area (Å²) in [6, 6.07) is 12.7. The fourth-order valence-corrected chi connectivity index (χ4v) is 4.22. The van der Waals surface area contributed by atoms with Gasteiger partial charge in [-0.3, -0.25) is 9.82 Å². The summed E-state index contributed by atoms with van der Waals surface area (Å²) in [6.45, 7) is 0.